The summed E-state index contributed by atoms with van der Waals surface area (Å²) >= 11 is 0. The highest BCUT2D eigenvalue weighted by atomic mass is 19.4. The van der Waals surface area contributed by atoms with Gasteiger partial charge < -0.3 is 10.4 Å². The molecule has 7 nitrogen and oxygen atoms in total. The molecule has 0 saturated heterocycles. The topological polar surface area (TPSA) is 83.9 Å². The minimum Gasteiger partial charge on any atom is -0.519 e. The van der Waals surface area contributed by atoms with Gasteiger partial charge in [-0.25, -0.2) is 14.8 Å². The molecule has 3 aromatic rings. The number of carbonyl (C=O) groups excluding carboxylic acids is 1. The maximum absolute atomic E-state index is 13.3. The van der Waals surface area contributed by atoms with Gasteiger partial charge in [0.15, 0.2) is 11.3 Å². The van der Waals surface area contributed by atoms with Crippen LogP contribution in [-0.2, 0) is 0 Å². The summed E-state index contributed by atoms with van der Waals surface area (Å²) in [5.74, 6) is -1.77. The van der Waals surface area contributed by atoms with Gasteiger partial charge in [-0.2, -0.15) is 13.2 Å². The van der Waals surface area contributed by atoms with Crippen molar-refractivity contribution in [1.82, 2.24) is 19.7 Å². The molecule has 154 valence electrons. The van der Waals surface area contributed by atoms with Crippen LogP contribution < -0.4 is 5.32 Å². The smallest absolute Gasteiger partial charge is 0.408 e. The number of alkyl halides is 3. The molecule has 4 rings (SSSR count). The van der Waals surface area contributed by atoms with Crippen molar-refractivity contribution in [1.29, 1.82) is 0 Å². The lowest BCUT2D eigenvalue weighted by molar-refractivity contribution is -0.158. The molecule has 0 aliphatic heterocycles. The number of hydrogen-bond acceptors (Lipinski definition) is 4. The van der Waals surface area contributed by atoms with E-state index in [1.807, 2.05) is 0 Å². The van der Waals surface area contributed by atoms with E-state index >= 15 is 0 Å². The number of imidazole rings is 1. The van der Waals surface area contributed by atoms with Gasteiger partial charge in [-0.3, -0.25) is 9.20 Å². The lowest BCUT2D eigenvalue weighted by Crippen LogP contribution is -2.47. The number of halogens is 3. The molecule has 0 spiro atoms. The standard InChI is InChI=1S/C20H16F3N5O2/c1-10-7-14(12-5-6-13(24-2)15(29)8-12)26-18-16(25-9-28(10)18)19(30)27-17(11-3-4-11)20(21,22)23/h5-9,11,17,29H,3-4H2,1H3,(H,27,30). The number of aromatic hydroxyl groups is 1. The molecular formula is C20H16F3N5O2. The van der Waals surface area contributed by atoms with E-state index in [0.717, 1.165) is 0 Å². The van der Waals surface area contributed by atoms with E-state index in [1.165, 1.54) is 22.9 Å². The SMILES string of the molecule is [C-]#[N+]c1ccc(-c2cc(C)n3cnc(C(=O)NC(C4CC4)C(F)(F)F)c3n2)cc1O. The molecular weight excluding hydrogens is 399 g/mol. The van der Waals surface area contributed by atoms with Crippen LogP contribution in [0.25, 0.3) is 21.7 Å². The number of hydrogen-bond donors (Lipinski definition) is 2. The number of nitrogens with one attached hydrogen (secondary N) is 1. The lowest BCUT2D eigenvalue weighted by atomic mass is 10.1. The highest BCUT2D eigenvalue weighted by molar-refractivity contribution is 5.98. The Kier molecular flexibility index (Phi) is 4.61. The van der Waals surface area contributed by atoms with Crippen molar-refractivity contribution in [3.8, 4) is 17.0 Å². The maximum Gasteiger partial charge on any atom is 0.408 e. The molecule has 0 radical (unpaired) electrons. The number of carbonyl (C=O) groups is 1. The molecule has 1 aromatic carbocycles. The van der Waals surface area contributed by atoms with Crippen molar-refractivity contribution in [2.24, 2.45) is 5.92 Å². The molecule has 1 aliphatic rings. The van der Waals surface area contributed by atoms with Crippen LogP contribution in [0.15, 0.2) is 30.6 Å². The van der Waals surface area contributed by atoms with Crippen molar-refractivity contribution < 1.29 is 23.1 Å². The summed E-state index contributed by atoms with van der Waals surface area (Å²) in [7, 11) is 0. The molecule has 0 bridgehead atoms. The van der Waals surface area contributed by atoms with Gasteiger partial charge in [0.25, 0.3) is 5.91 Å². The third kappa shape index (κ3) is 3.54. The van der Waals surface area contributed by atoms with E-state index in [0.29, 0.717) is 29.8 Å². The predicted molar refractivity (Wildman–Crippen MR) is 101 cm³/mol. The summed E-state index contributed by atoms with van der Waals surface area (Å²) in [5.41, 5.74) is 1.49. The van der Waals surface area contributed by atoms with Gasteiger partial charge in [0.1, 0.15) is 18.1 Å². The third-order valence-corrected chi connectivity index (χ3v) is 5.03. The second kappa shape index (κ2) is 7.02. The third-order valence-electron chi connectivity index (χ3n) is 5.03. The van der Waals surface area contributed by atoms with Crippen LogP contribution in [-0.4, -0.2) is 37.6 Å². The van der Waals surface area contributed by atoms with E-state index in [2.05, 4.69) is 20.1 Å². The van der Waals surface area contributed by atoms with E-state index in [-0.39, 0.29) is 22.8 Å². The number of aryl methyl sites for hydroxylation is 1. The average molecular weight is 415 g/mol. The summed E-state index contributed by atoms with van der Waals surface area (Å²) in [6.07, 6.45) is -2.38. The molecule has 1 amide bonds. The number of phenols is 1. The normalized spacial score (nSPS) is 15.0. The second-order valence-electron chi connectivity index (χ2n) is 7.22. The quantitative estimate of drug-likeness (QED) is 0.630. The number of amides is 1. The highest BCUT2D eigenvalue weighted by Crippen LogP contribution is 2.40. The number of benzene rings is 1. The van der Waals surface area contributed by atoms with Gasteiger partial charge in [0.05, 0.1) is 12.3 Å². The molecule has 2 heterocycles. The van der Waals surface area contributed by atoms with Crippen molar-refractivity contribution in [3.63, 3.8) is 0 Å². The number of rotatable bonds is 4. The van der Waals surface area contributed by atoms with Gasteiger partial charge in [0, 0.05) is 11.3 Å². The molecule has 1 unspecified atom stereocenters. The Morgan fingerprint density at radius 1 is 1.37 bits per heavy atom. The van der Waals surface area contributed by atoms with E-state index in [4.69, 9.17) is 6.57 Å². The van der Waals surface area contributed by atoms with E-state index < -0.39 is 24.0 Å². The summed E-state index contributed by atoms with van der Waals surface area (Å²) in [5, 5.41) is 12.0. The summed E-state index contributed by atoms with van der Waals surface area (Å²) in [4.78, 5) is 24.2. The van der Waals surface area contributed by atoms with Gasteiger partial charge >= 0.3 is 6.18 Å². The van der Waals surface area contributed by atoms with Gasteiger partial charge in [0.2, 0.25) is 5.69 Å². The first-order valence-electron chi connectivity index (χ1n) is 9.12. The molecule has 10 heteroatoms. The zero-order valence-electron chi connectivity index (χ0n) is 15.7. The second-order valence-corrected chi connectivity index (χ2v) is 7.22. The minimum atomic E-state index is -4.54. The predicted octanol–water partition coefficient (Wildman–Crippen LogP) is 4.03. The van der Waals surface area contributed by atoms with Crippen LogP contribution in [0.2, 0.25) is 0 Å². The Balaban J connectivity index is 1.73. The number of phenolic OH excluding ortho intramolecular Hbond substituents is 1. The van der Waals surface area contributed by atoms with Crippen LogP contribution >= 0.6 is 0 Å². The van der Waals surface area contributed by atoms with Gasteiger partial charge in [-0.1, -0.05) is 12.1 Å². The van der Waals surface area contributed by atoms with E-state index in [9.17, 15) is 23.1 Å². The molecule has 1 atom stereocenters. The largest absolute Gasteiger partial charge is 0.519 e. The molecule has 2 N–H and O–H groups in total. The first-order valence-corrected chi connectivity index (χ1v) is 9.12. The van der Waals surface area contributed by atoms with Crippen molar-refractivity contribution >= 4 is 17.2 Å². The Labute approximate surface area is 169 Å². The fourth-order valence-electron chi connectivity index (χ4n) is 3.31. The first kappa shape index (κ1) is 19.7. The molecule has 30 heavy (non-hydrogen) atoms. The summed E-state index contributed by atoms with van der Waals surface area (Å²) < 4.78 is 41.3. The van der Waals surface area contributed by atoms with Crippen LogP contribution in [0.3, 0.4) is 0 Å². The average Bonchev–Trinajstić information content (AvgIpc) is 3.42. The Bertz CT molecular complexity index is 1190. The van der Waals surface area contributed by atoms with Crippen LogP contribution in [0, 0.1) is 19.4 Å². The number of aromatic nitrogens is 3. The summed E-state index contributed by atoms with van der Waals surface area (Å²) in [6, 6.07) is 4.17. The maximum atomic E-state index is 13.3. The van der Waals surface area contributed by atoms with Gasteiger partial charge in [-0.15, -0.1) is 0 Å². The van der Waals surface area contributed by atoms with E-state index in [1.54, 1.807) is 19.1 Å². The molecule has 2 aromatic heterocycles. The van der Waals surface area contributed by atoms with Crippen molar-refractivity contribution in [3.05, 3.63) is 53.4 Å². The molecule has 1 saturated carbocycles. The van der Waals surface area contributed by atoms with Gasteiger partial charge in [-0.05, 0) is 37.8 Å². The minimum absolute atomic E-state index is 0.0826. The van der Waals surface area contributed by atoms with Crippen molar-refractivity contribution in [2.75, 3.05) is 0 Å². The van der Waals surface area contributed by atoms with Crippen LogP contribution in [0.4, 0.5) is 18.9 Å². The number of fused-ring (bicyclic) bond motifs is 1. The fraction of sp³-hybridized carbons (Fsp3) is 0.300. The number of nitrogens with zero attached hydrogens (tertiary/aromatic N) is 4. The lowest BCUT2D eigenvalue weighted by Gasteiger charge is -2.20. The van der Waals surface area contributed by atoms with Crippen LogP contribution in [0.5, 0.6) is 5.75 Å². The zero-order chi connectivity index (χ0) is 21.6. The Morgan fingerprint density at radius 2 is 2.10 bits per heavy atom. The van der Waals surface area contributed by atoms with Crippen molar-refractivity contribution in [2.45, 2.75) is 32.0 Å². The zero-order valence-corrected chi connectivity index (χ0v) is 15.7. The molecule has 1 aliphatic carbocycles. The fourth-order valence-corrected chi connectivity index (χ4v) is 3.31. The van der Waals surface area contributed by atoms with Crippen LogP contribution in [0.1, 0.15) is 29.0 Å². The Morgan fingerprint density at radius 3 is 2.70 bits per heavy atom. The first-order chi connectivity index (χ1) is 14.2. The summed E-state index contributed by atoms with van der Waals surface area (Å²) in [6.45, 7) is 8.74. The highest BCUT2D eigenvalue weighted by Gasteiger charge is 2.50. The monoisotopic (exact) mass is 415 g/mol. The molecule has 1 fully saturated rings. The Hall–Kier alpha value is -3.61.